The van der Waals surface area contributed by atoms with E-state index in [0.29, 0.717) is 22.9 Å². The van der Waals surface area contributed by atoms with Crippen LogP contribution in [0.5, 0.6) is 11.5 Å². The van der Waals surface area contributed by atoms with Crippen molar-refractivity contribution in [1.82, 2.24) is 9.97 Å². The molecule has 3 aromatic carbocycles. The van der Waals surface area contributed by atoms with Crippen LogP contribution >= 0.6 is 0 Å². The van der Waals surface area contributed by atoms with Crippen molar-refractivity contribution in [3.63, 3.8) is 0 Å². The number of rotatable bonds is 5. The highest BCUT2D eigenvalue weighted by atomic mass is 19.2. The van der Waals surface area contributed by atoms with E-state index in [2.05, 4.69) is 20.2 Å². The zero-order chi connectivity index (χ0) is 24.5. The Morgan fingerprint density at radius 3 is 2.51 bits per heavy atom. The number of ether oxygens (including phenoxy) is 1. The molecule has 1 aliphatic heterocycles. The van der Waals surface area contributed by atoms with E-state index in [1.54, 1.807) is 12.3 Å². The summed E-state index contributed by atoms with van der Waals surface area (Å²) in [4.78, 5) is 23.4. The molecule has 5 rings (SSSR count). The molecule has 0 radical (unpaired) electrons. The molecule has 35 heavy (non-hydrogen) atoms. The van der Waals surface area contributed by atoms with Crippen LogP contribution in [-0.4, -0.2) is 29.0 Å². The maximum atomic E-state index is 15.1. The summed E-state index contributed by atoms with van der Waals surface area (Å²) in [5, 5.41) is 2.12. The van der Waals surface area contributed by atoms with E-state index in [0.717, 1.165) is 38.1 Å². The van der Waals surface area contributed by atoms with Crippen LogP contribution in [0.25, 0.3) is 11.0 Å². The van der Waals surface area contributed by atoms with Crippen LogP contribution in [0.3, 0.4) is 0 Å². The van der Waals surface area contributed by atoms with Gasteiger partial charge in [-0.2, -0.15) is 4.39 Å². The van der Waals surface area contributed by atoms with Crippen LogP contribution in [0, 0.1) is 23.3 Å². The highest BCUT2D eigenvalue weighted by Gasteiger charge is 2.23. The van der Waals surface area contributed by atoms with Gasteiger partial charge in [0.15, 0.2) is 11.6 Å². The van der Waals surface area contributed by atoms with Crippen molar-refractivity contribution in [1.29, 1.82) is 0 Å². The topological polar surface area (TPSA) is 67.3 Å². The molecule has 4 aromatic rings. The summed E-state index contributed by atoms with van der Waals surface area (Å²) in [6.07, 6.45) is 3.77. The number of benzene rings is 3. The van der Waals surface area contributed by atoms with Crippen molar-refractivity contribution in [2.75, 3.05) is 23.3 Å². The average Bonchev–Trinajstić information content (AvgIpc) is 3.40. The molecule has 0 spiro atoms. The molecule has 1 fully saturated rings. The fourth-order valence-corrected chi connectivity index (χ4v) is 3.85. The normalized spacial score (nSPS) is 13.3. The molecular formula is C25H18F4N4O2. The first-order valence-electron chi connectivity index (χ1n) is 10.8. The largest absolute Gasteiger partial charge is 0.451 e. The summed E-state index contributed by atoms with van der Waals surface area (Å²) in [6, 6.07) is 9.55. The summed E-state index contributed by atoms with van der Waals surface area (Å²) in [7, 11) is 0. The zero-order valence-corrected chi connectivity index (χ0v) is 18.2. The third kappa shape index (κ3) is 4.59. The summed E-state index contributed by atoms with van der Waals surface area (Å²) in [5.74, 6) is -6.28. The number of carbonyl (C=O) groups excluding carboxylic acids is 1. The number of aromatic nitrogens is 2. The fraction of sp³-hybridized carbons (Fsp3) is 0.160. The summed E-state index contributed by atoms with van der Waals surface area (Å²) in [5.41, 5.74) is 0.191. The second kappa shape index (κ2) is 9.21. The maximum Gasteiger partial charge on any atom is 0.255 e. The van der Waals surface area contributed by atoms with Crippen molar-refractivity contribution in [2.24, 2.45) is 0 Å². The van der Waals surface area contributed by atoms with E-state index in [9.17, 15) is 18.0 Å². The van der Waals surface area contributed by atoms with Crippen molar-refractivity contribution < 1.29 is 27.1 Å². The van der Waals surface area contributed by atoms with Crippen molar-refractivity contribution >= 4 is 28.4 Å². The molecule has 10 heteroatoms. The van der Waals surface area contributed by atoms with Gasteiger partial charge in [-0.3, -0.25) is 9.78 Å². The van der Waals surface area contributed by atoms with Gasteiger partial charge >= 0.3 is 0 Å². The van der Waals surface area contributed by atoms with Gasteiger partial charge in [-0.1, -0.05) is 6.07 Å². The van der Waals surface area contributed by atoms with E-state index in [1.165, 1.54) is 24.3 Å². The van der Waals surface area contributed by atoms with Crippen LogP contribution < -0.4 is 15.0 Å². The Kier molecular flexibility index (Phi) is 5.94. The summed E-state index contributed by atoms with van der Waals surface area (Å²) < 4.78 is 62.6. The maximum absolute atomic E-state index is 15.1. The molecule has 1 aromatic heterocycles. The number of nitrogens with one attached hydrogen (secondary N) is 1. The number of anilines is 2. The average molecular weight is 482 g/mol. The van der Waals surface area contributed by atoms with E-state index < -0.39 is 40.6 Å². The van der Waals surface area contributed by atoms with Gasteiger partial charge in [0.05, 0.1) is 22.9 Å². The number of amides is 1. The number of carbonyl (C=O) groups is 1. The summed E-state index contributed by atoms with van der Waals surface area (Å²) >= 11 is 0. The van der Waals surface area contributed by atoms with Crippen molar-refractivity contribution in [3.8, 4) is 11.5 Å². The predicted octanol–water partition coefficient (Wildman–Crippen LogP) is 5.83. The van der Waals surface area contributed by atoms with Gasteiger partial charge in [-0.25, -0.2) is 18.2 Å². The van der Waals surface area contributed by atoms with Crippen molar-refractivity contribution in [2.45, 2.75) is 12.8 Å². The monoisotopic (exact) mass is 482 g/mol. The molecule has 6 nitrogen and oxygen atoms in total. The van der Waals surface area contributed by atoms with Gasteiger partial charge in [0.1, 0.15) is 17.4 Å². The highest BCUT2D eigenvalue weighted by Crippen LogP contribution is 2.35. The predicted molar refractivity (Wildman–Crippen MR) is 122 cm³/mol. The van der Waals surface area contributed by atoms with E-state index in [1.807, 2.05) is 0 Å². The molecule has 2 heterocycles. The van der Waals surface area contributed by atoms with Crippen LogP contribution in [0.2, 0.25) is 0 Å². The molecule has 0 saturated carbocycles. The van der Waals surface area contributed by atoms with E-state index in [4.69, 9.17) is 4.74 Å². The SMILES string of the molecule is O=C(Nc1cc(F)c(F)c(Oc2ccc3ncc(N4CCCC4)nc3c2)c1F)c1cccc(F)c1. The molecule has 1 N–H and O–H groups in total. The molecule has 1 saturated heterocycles. The smallest absolute Gasteiger partial charge is 0.255 e. The molecule has 0 unspecified atom stereocenters. The molecule has 178 valence electrons. The minimum Gasteiger partial charge on any atom is -0.451 e. The lowest BCUT2D eigenvalue weighted by Gasteiger charge is -2.16. The number of hydrogen-bond donors (Lipinski definition) is 1. The number of nitrogens with zero attached hydrogens (tertiary/aromatic N) is 3. The Morgan fingerprint density at radius 1 is 0.943 bits per heavy atom. The third-order valence-corrected chi connectivity index (χ3v) is 5.60. The first-order valence-corrected chi connectivity index (χ1v) is 10.8. The standard InChI is InChI=1S/C25H18F4N4O2/c26-15-5-3-4-14(10-15)25(34)32-20-12-17(27)22(28)24(23(20)29)35-16-6-7-18-19(11-16)31-21(13-30-18)33-8-1-2-9-33/h3-7,10-13H,1-2,8-9H2,(H,32,34). The Bertz CT molecular complexity index is 1440. The molecule has 0 aliphatic carbocycles. The van der Waals surface area contributed by atoms with Crippen LogP contribution in [0.1, 0.15) is 23.2 Å². The third-order valence-electron chi connectivity index (χ3n) is 5.60. The second-order valence-corrected chi connectivity index (χ2v) is 8.00. The fourth-order valence-electron chi connectivity index (χ4n) is 3.85. The molecular weight excluding hydrogens is 464 g/mol. The minimum atomic E-state index is -1.57. The second-order valence-electron chi connectivity index (χ2n) is 8.00. The highest BCUT2D eigenvalue weighted by molar-refractivity contribution is 6.04. The van der Waals surface area contributed by atoms with E-state index >= 15 is 4.39 Å². The van der Waals surface area contributed by atoms with Crippen molar-refractivity contribution in [3.05, 3.63) is 83.6 Å². The molecule has 0 atom stereocenters. The van der Waals surface area contributed by atoms with Crippen LogP contribution in [0.15, 0.2) is 54.7 Å². The Balaban J connectivity index is 1.45. The van der Waals surface area contributed by atoms with Gasteiger partial charge in [0.25, 0.3) is 5.91 Å². The first kappa shape index (κ1) is 22.6. The molecule has 1 aliphatic rings. The molecule has 0 bridgehead atoms. The Hall–Kier alpha value is -4.21. The van der Waals surface area contributed by atoms with Crippen LogP contribution in [-0.2, 0) is 0 Å². The Morgan fingerprint density at radius 2 is 1.74 bits per heavy atom. The first-order chi connectivity index (χ1) is 16.9. The number of hydrogen-bond acceptors (Lipinski definition) is 5. The quantitative estimate of drug-likeness (QED) is 0.286. The van der Waals surface area contributed by atoms with Crippen LogP contribution in [0.4, 0.5) is 29.1 Å². The van der Waals surface area contributed by atoms with Gasteiger partial charge in [0.2, 0.25) is 11.6 Å². The lowest BCUT2D eigenvalue weighted by atomic mass is 10.2. The van der Waals surface area contributed by atoms with Gasteiger partial charge in [0, 0.05) is 30.8 Å². The Labute approximate surface area is 197 Å². The van der Waals surface area contributed by atoms with Gasteiger partial charge in [-0.15, -0.1) is 0 Å². The summed E-state index contributed by atoms with van der Waals surface area (Å²) in [6.45, 7) is 1.72. The lowest BCUT2D eigenvalue weighted by Crippen LogP contribution is -2.19. The lowest BCUT2D eigenvalue weighted by molar-refractivity contribution is 0.102. The zero-order valence-electron chi connectivity index (χ0n) is 18.2. The van der Waals surface area contributed by atoms with E-state index in [-0.39, 0.29) is 11.3 Å². The number of fused-ring (bicyclic) bond motifs is 1. The van der Waals surface area contributed by atoms with Gasteiger partial charge in [-0.05, 0) is 43.2 Å². The number of halogens is 4. The van der Waals surface area contributed by atoms with Gasteiger partial charge < -0.3 is 15.0 Å². The minimum absolute atomic E-state index is 0.00354. The molecule has 1 amide bonds.